The normalized spacial score (nSPS) is 13.2. The van der Waals surface area contributed by atoms with E-state index in [9.17, 15) is 0 Å². The van der Waals surface area contributed by atoms with Crippen LogP contribution in [-0.2, 0) is 5.41 Å². The molecule has 304 valence electrons. The quantitative estimate of drug-likeness (QED) is 0.172. The van der Waals surface area contributed by atoms with E-state index < -0.39 is 0 Å². The maximum absolute atomic E-state index is 5.48. The van der Waals surface area contributed by atoms with Crippen molar-refractivity contribution in [3.63, 3.8) is 0 Å². The van der Waals surface area contributed by atoms with Crippen LogP contribution in [0.25, 0.3) is 125 Å². The summed E-state index contributed by atoms with van der Waals surface area (Å²) in [6, 6.07) is 76.5. The fraction of sp³-hybridized carbons (Fsp3) is 0.0484. The van der Waals surface area contributed by atoms with Crippen molar-refractivity contribution in [3.05, 3.63) is 217 Å². The summed E-state index contributed by atoms with van der Waals surface area (Å²) in [5.41, 5.74) is 18.3. The number of aromatic nitrogens is 2. The SMILES string of the molecule is CC1(C)c2ccccc2-c2ccc(-c3ccc(-c4ccc(-c5ccc(-c6cc7c8ccc9ccccc9c8sc7c7nc8c9ccccc9ccc8n67)cc5)c5ccccc45)cc3)cc21. The second-order valence-corrected chi connectivity index (χ2v) is 19.3. The molecule has 65 heavy (non-hydrogen) atoms. The van der Waals surface area contributed by atoms with E-state index in [1.54, 1.807) is 0 Å². The summed E-state index contributed by atoms with van der Waals surface area (Å²) >= 11 is 1.86. The Bertz CT molecular complexity index is 4130. The van der Waals surface area contributed by atoms with E-state index >= 15 is 0 Å². The van der Waals surface area contributed by atoms with Gasteiger partial charge >= 0.3 is 0 Å². The number of nitrogens with zero attached hydrogens (tertiary/aromatic N) is 2. The molecule has 2 nitrogen and oxygen atoms in total. The Kier molecular flexibility index (Phi) is 7.65. The number of fused-ring (bicyclic) bond motifs is 15. The summed E-state index contributed by atoms with van der Waals surface area (Å²) < 4.78 is 4.93. The monoisotopic (exact) mass is 844 g/mol. The summed E-state index contributed by atoms with van der Waals surface area (Å²) in [6.07, 6.45) is 0. The zero-order valence-electron chi connectivity index (χ0n) is 35.9. The molecule has 0 saturated heterocycles. The van der Waals surface area contributed by atoms with E-state index in [0.29, 0.717) is 0 Å². The van der Waals surface area contributed by atoms with E-state index in [1.807, 2.05) is 11.3 Å². The zero-order valence-corrected chi connectivity index (χ0v) is 36.7. The lowest BCUT2D eigenvalue weighted by molar-refractivity contribution is 0.660. The van der Waals surface area contributed by atoms with Crippen LogP contribution in [0.1, 0.15) is 25.0 Å². The van der Waals surface area contributed by atoms with Crippen molar-refractivity contribution in [1.82, 2.24) is 9.38 Å². The molecule has 0 N–H and O–H groups in total. The molecule has 3 heteroatoms. The highest BCUT2D eigenvalue weighted by Crippen LogP contribution is 2.50. The van der Waals surface area contributed by atoms with E-state index in [2.05, 4.69) is 225 Å². The van der Waals surface area contributed by atoms with E-state index in [-0.39, 0.29) is 5.41 Å². The van der Waals surface area contributed by atoms with Gasteiger partial charge in [0.2, 0.25) is 0 Å². The first kappa shape index (κ1) is 36.6. The van der Waals surface area contributed by atoms with Crippen molar-refractivity contribution in [2.45, 2.75) is 19.3 Å². The maximum Gasteiger partial charge on any atom is 0.156 e. The zero-order chi connectivity index (χ0) is 43.0. The van der Waals surface area contributed by atoms with E-state index in [1.165, 1.54) is 108 Å². The summed E-state index contributed by atoms with van der Waals surface area (Å²) in [4.78, 5) is 5.48. The molecule has 13 aromatic rings. The van der Waals surface area contributed by atoms with Gasteiger partial charge in [0.05, 0.1) is 21.4 Å². The van der Waals surface area contributed by atoms with Gasteiger partial charge in [-0.1, -0.05) is 202 Å². The highest BCUT2D eigenvalue weighted by Gasteiger charge is 2.35. The number of thiophene rings is 1. The van der Waals surface area contributed by atoms with Crippen molar-refractivity contribution in [1.29, 1.82) is 0 Å². The highest BCUT2D eigenvalue weighted by atomic mass is 32.1. The van der Waals surface area contributed by atoms with Crippen LogP contribution in [-0.4, -0.2) is 9.38 Å². The van der Waals surface area contributed by atoms with Gasteiger partial charge in [0.1, 0.15) is 0 Å². The Morgan fingerprint density at radius 1 is 0.385 bits per heavy atom. The van der Waals surface area contributed by atoms with Gasteiger partial charge in [-0.05, 0) is 106 Å². The van der Waals surface area contributed by atoms with Gasteiger partial charge in [0, 0.05) is 26.3 Å². The van der Waals surface area contributed by atoms with Gasteiger partial charge in [-0.25, -0.2) is 4.98 Å². The molecular weight excluding hydrogens is 805 g/mol. The molecule has 10 aromatic carbocycles. The number of pyridine rings is 1. The third-order valence-corrected chi connectivity index (χ3v) is 15.7. The topological polar surface area (TPSA) is 17.3 Å². The summed E-state index contributed by atoms with van der Waals surface area (Å²) in [7, 11) is 0. The van der Waals surface area contributed by atoms with E-state index in [0.717, 1.165) is 27.9 Å². The Balaban J connectivity index is 0.861. The molecule has 3 aromatic heterocycles. The Morgan fingerprint density at radius 3 is 1.68 bits per heavy atom. The molecule has 0 aliphatic heterocycles. The minimum Gasteiger partial charge on any atom is -0.291 e. The first-order valence-corrected chi connectivity index (χ1v) is 23.3. The predicted octanol–water partition coefficient (Wildman–Crippen LogP) is 17.3. The van der Waals surface area contributed by atoms with Crippen LogP contribution in [0.3, 0.4) is 0 Å². The van der Waals surface area contributed by atoms with Gasteiger partial charge < -0.3 is 0 Å². The van der Waals surface area contributed by atoms with Crippen molar-refractivity contribution in [3.8, 4) is 55.8 Å². The van der Waals surface area contributed by atoms with Gasteiger partial charge in [-0.15, -0.1) is 11.3 Å². The second-order valence-electron chi connectivity index (χ2n) is 18.3. The average molecular weight is 845 g/mol. The first-order chi connectivity index (χ1) is 32.0. The number of rotatable bonds is 4. The fourth-order valence-corrected chi connectivity index (χ4v) is 12.4. The van der Waals surface area contributed by atoms with Gasteiger partial charge in [0.25, 0.3) is 0 Å². The van der Waals surface area contributed by atoms with Gasteiger partial charge in [0.15, 0.2) is 5.65 Å². The smallest absolute Gasteiger partial charge is 0.156 e. The molecule has 1 aliphatic rings. The van der Waals surface area contributed by atoms with E-state index in [4.69, 9.17) is 4.98 Å². The fourth-order valence-electron chi connectivity index (χ4n) is 11.1. The van der Waals surface area contributed by atoms with Crippen LogP contribution in [0.4, 0.5) is 0 Å². The lowest BCUT2D eigenvalue weighted by atomic mass is 9.81. The molecule has 0 bridgehead atoms. The number of hydrogen-bond acceptors (Lipinski definition) is 2. The third-order valence-electron chi connectivity index (χ3n) is 14.4. The van der Waals surface area contributed by atoms with Crippen molar-refractivity contribution >= 4 is 80.5 Å². The lowest BCUT2D eigenvalue weighted by Gasteiger charge is -2.22. The summed E-state index contributed by atoms with van der Waals surface area (Å²) in [5, 5.41) is 9.95. The predicted molar refractivity (Wildman–Crippen MR) is 277 cm³/mol. The Morgan fingerprint density at radius 2 is 0.938 bits per heavy atom. The van der Waals surface area contributed by atoms with Crippen LogP contribution in [0, 0.1) is 0 Å². The summed E-state index contributed by atoms with van der Waals surface area (Å²) in [5.74, 6) is 0. The molecule has 1 aliphatic carbocycles. The Hall–Kier alpha value is -7.85. The highest BCUT2D eigenvalue weighted by molar-refractivity contribution is 7.27. The molecule has 0 atom stereocenters. The first-order valence-electron chi connectivity index (χ1n) is 22.5. The van der Waals surface area contributed by atoms with Crippen LogP contribution in [0.2, 0.25) is 0 Å². The van der Waals surface area contributed by atoms with Crippen LogP contribution < -0.4 is 0 Å². The van der Waals surface area contributed by atoms with Crippen LogP contribution in [0.5, 0.6) is 0 Å². The lowest BCUT2D eigenvalue weighted by Crippen LogP contribution is -2.14. The van der Waals surface area contributed by atoms with Crippen LogP contribution in [0.15, 0.2) is 206 Å². The molecule has 3 heterocycles. The maximum atomic E-state index is 5.48. The van der Waals surface area contributed by atoms with Gasteiger partial charge in [-0.2, -0.15) is 0 Å². The molecule has 0 amide bonds. The Labute approximate surface area is 380 Å². The summed E-state index contributed by atoms with van der Waals surface area (Å²) in [6.45, 7) is 4.70. The molecule has 0 spiro atoms. The number of benzene rings is 10. The molecule has 0 saturated carbocycles. The molecule has 14 rings (SSSR count). The molecule has 0 unspecified atom stereocenters. The van der Waals surface area contributed by atoms with Crippen molar-refractivity contribution < 1.29 is 0 Å². The van der Waals surface area contributed by atoms with Crippen molar-refractivity contribution in [2.24, 2.45) is 0 Å². The molecule has 0 fully saturated rings. The molecular formula is C62H40N2S. The minimum atomic E-state index is -0.0240. The van der Waals surface area contributed by atoms with Crippen molar-refractivity contribution in [2.75, 3.05) is 0 Å². The van der Waals surface area contributed by atoms with Crippen LogP contribution >= 0.6 is 11.3 Å². The average Bonchev–Trinajstić information content (AvgIpc) is 4.02. The molecule has 0 radical (unpaired) electrons. The minimum absolute atomic E-state index is 0.0240. The standard InChI is InChI=1S/C62H40N2S/c1-62(2)54-18-10-9-17-50(54)51-30-28-43(35-55(51)62)37-19-21-40(22-20-37)44-32-33-45(49-16-8-7-15-48(44)49)41-23-25-42(26-24-41)57-36-53-52-31-27-39-12-4-6-14-47(39)59(52)65-60(53)61-63-58-46-13-5-3-11-38(46)29-34-56(58)64(57)61/h3-36H,1-2H3. The number of imidazole rings is 1. The second kappa shape index (κ2) is 13.6. The van der Waals surface area contributed by atoms with Gasteiger partial charge in [-0.3, -0.25) is 4.40 Å². The largest absolute Gasteiger partial charge is 0.291 e. The number of hydrogen-bond donors (Lipinski definition) is 0. The third kappa shape index (κ3) is 5.31.